The largest absolute Gasteiger partial charge is 0.398 e. The molecule has 0 aliphatic rings. The number of benzene rings is 2. The van der Waals surface area contributed by atoms with Crippen molar-refractivity contribution in [1.82, 2.24) is 0 Å². The number of oxime groups is 1. The SMILES string of the molecule is Cc1c(N)cccc1/C(N)=N/OC(=O)c1cccc(F)c1. The highest BCUT2D eigenvalue weighted by molar-refractivity contribution is 6.00. The maximum Gasteiger partial charge on any atom is 0.365 e. The first-order valence-electron chi connectivity index (χ1n) is 6.15. The normalized spacial score (nSPS) is 11.2. The highest BCUT2D eigenvalue weighted by atomic mass is 19.1. The average Bonchev–Trinajstić information content (AvgIpc) is 2.47. The summed E-state index contributed by atoms with van der Waals surface area (Å²) in [7, 11) is 0. The molecule has 0 radical (unpaired) electrons. The molecule has 0 spiro atoms. The van der Waals surface area contributed by atoms with Crippen LogP contribution in [0.2, 0.25) is 0 Å². The molecule has 108 valence electrons. The number of nitrogen functional groups attached to an aromatic ring is 1. The molecule has 2 aromatic rings. The van der Waals surface area contributed by atoms with Gasteiger partial charge in [0, 0.05) is 11.3 Å². The van der Waals surface area contributed by atoms with E-state index in [0.717, 1.165) is 11.6 Å². The van der Waals surface area contributed by atoms with Gasteiger partial charge in [0.05, 0.1) is 5.56 Å². The third-order valence-corrected chi connectivity index (χ3v) is 2.94. The molecule has 0 unspecified atom stereocenters. The molecule has 0 aromatic heterocycles. The van der Waals surface area contributed by atoms with Crippen molar-refractivity contribution in [2.24, 2.45) is 10.9 Å². The Labute approximate surface area is 121 Å². The highest BCUT2D eigenvalue weighted by Gasteiger charge is 2.10. The summed E-state index contributed by atoms with van der Waals surface area (Å²) in [4.78, 5) is 16.4. The number of hydrogen-bond donors (Lipinski definition) is 2. The number of carbonyl (C=O) groups excluding carboxylic acids is 1. The van der Waals surface area contributed by atoms with Crippen LogP contribution >= 0.6 is 0 Å². The molecule has 0 saturated heterocycles. The molecule has 0 amide bonds. The number of nitrogens with zero attached hydrogens (tertiary/aromatic N) is 1. The summed E-state index contributed by atoms with van der Waals surface area (Å²) in [6.45, 7) is 1.78. The molecule has 0 aliphatic carbocycles. The lowest BCUT2D eigenvalue weighted by Crippen LogP contribution is -2.17. The van der Waals surface area contributed by atoms with Crippen molar-refractivity contribution >= 4 is 17.5 Å². The minimum absolute atomic E-state index is 0.0181. The molecular weight excluding hydrogens is 273 g/mol. The van der Waals surface area contributed by atoms with Crippen molar-refractivity contribution in [1.29, 1.82) is 0 Å². The van der Waals surface area contributed by atoms with Gasteiger partial charge in [0.15, 0.2) is 5.84 Å². The van der Waals surface area contributed by atoms with Crippen LogP contribution in [0.15, 0.2) is 47.6 Å². The van der Waals surface area contributed by atoms with Crippen LogP contribution in [0.4, 0.5) is 10.1 Å². The minimum Gasteiger partial charge on any atom is -0.398 e. The Morgan fingerprint density at radius 1 is 1.24 bits per heavy atom. The predicted octanol–water partition coefficient (Wildman–Crippen LogP) is 2.19. The van der Waals surface area contributed by atoms with E-state index in [1.807, 2.05) is 0 Å². The fraction of sp³-hybridized carbons (Fsp3) is 0.0667. The Morgan fingerprint density at radius 2 is 1.95 bits per heavy atom. The highest BCUT2D eigenvalue weighted by Crippen LogP contribution is 2.15. The topological polar surface area (TPSA) is 90.7 Å². The number of amidine groups is 1. The Morgan fingerprint density at radius 3 is 2.67 bits per heavy atom. The van der Waals surface area contributed by atoms with Crippen LogP contribution in [0, 0.1) is 12.7 Å². The summed E-state index contributed by atoms with van der Waals surface area (Å²) in [6, 6.07) is 10.3. The second-order valence-corrected chi connectivity index (χ2v) is 4.39. The Hall–Kier alpha value is -2.89. The molecule has 5 nitrogen and oxygen atoms in total. The van der Waals surface area contributed by atoms with Gasteiger partial charge in [0.2, 0.25) is 0 Å². The van der Waals surface area contributed by atoms with Crippen LogP contribution < -0.4 is 11.5 Å². The molecule has 0 heterocycles. The van der Waals surface area contributed by atoms with E-state index in [4.69, 9.17) is 16.3 Å². The molecule has 4 N–H and O–H groups in total. The molecule has 21 heavy (non-hydrogen) atoms. The lowest BCUT2D eigenvalue weighted by molar-refractivity contribution is 0.0515. The molecule has 0 atom stereocenters. The molecule has 0 saturated carbocycles. The van der Waals surface area contributed by atoms with Crippen molar-refractivity contribution in [2.45, 2.75) is 6.92 Å². The fourth-order valence-electron chi connectivity index (χ4n) is 1.74. The van der Waals surface area contributed by atoms with Crippen molar-refractivity contribution in [3.63, 3.8) is 0 Å². The smallest absolute Gasteiger partial charge is 0.365 e. The Kier molecular flexibility index (Phi) is 4.18. The van der Waals surface area contributed by atoms with Gasteiger partial charge in [0.1, 0.15) is 5.82 Å². The number of anilines is 1. The monoisotopic (exact) mass is 287 g/mol. The van der Waals surface area contributed by atoms with Crippen LogP contribution in [0.25, 0.3) is 0 Å². The van der Waals surface area contributed by atoms with Gasteiger partial charge >= 0.3 is 5.97 Å². The zero-order valence-corrected chi connectivity index (χ0v) is 11.3. The van der Waals surface area contributed by atoms with Crippen LogP contribution in [0.5, 0.6) is 0 Å². The molecule has 6 heteroatoms. The lowest BCUT2D eigenvalue weighted by Gasteiger charge is -2.07. The first-order valence-corrected chi connectivity index (χ1v) is 6.15. The first-order chi connectivity index (χ1) is 9.99. The summed E-state index contributed by atoms with van der Waals surface area (Å²) in [5.41, 5.74) is 13.4. The standard InChI is InChI=1S/C15H14FN3O2/c1-9-12(6-3-7-13(9)17)14(18)19-21-15(20)10-4-2-5-11(16)8-10/h2-8H,17H2,1H3,(H2,18,19). The van der Waals surface area contributed by atoms with Crippen LogP contribution in [-0.4, -0.2) is 11.8 Å². The van der Waals surface area contributed by atoms with Gasteiger partial charge in [-0.25, -0.2) is 9.18 Å². The molecule has 0 fully saturated rings. The fourth-order valence-corrected chi connectivity index (χ4v) is 1.74. The number of halogens is 1. The molecule has 0 bridgehead atoms. The van der Waals surface area contributed by atoms with Gasteiger partial charge in [-0.2, -0.15) is 0 Å². The summed E-state index contributed by atoms with van der Waals surface area (Å²) in [5, 5.41) is 3.57. The van der Waals surface area contributed by atoms with Gasteiger partial charge in [0.25, 0.3) is 0 Å². The quantitative estimate of drug-likeness (QED) is 0.298. The van der Waals surface area contributed by atoms with Gasteiger partial charge in [-0.3, -0.25) is 0 Å². The first kappa shape index (κ1) is 14.5. The molecule has 2 aromatic carbocycles. The molecular formula is C15H14FN3O2. The average molecular weight is 287 g/mol. The zero-order valence-electron chi connectivity index (χ0n) is 11.3. The maximum atomic E-state index is 13.0. The Balaban J connectivity index is 2.17. The van der Waals surface area contributed by atoms with E-state index in [2.05, 4.69) is 5.16 Å². The summed E-state index contributed by atoms with van der Waals surface area (Å²) >= 11 is 0. The van der Waals surface area contributed by atoms with E-state index >= 15 is 0 Å². The molecule has 2 rings (SSSR count). The van der Waals surface area contributed by atoms with Gasteiger partial charge in [-0.15, -0.1) is 0 Å². The number of hydrogen-bond acceptors (Lipinski definition) is 4. The number of rotatable bonds is 3. The van der Waals surface area contributed by atoms with E-state index < -0.39 is 11.8 Å². The van der Waals surface area contributed by atoms with Crippen LogP contribution in [0.3, 0.4) is 0 Å². The third kappa shape index (κ3) is 3.36. The van der Waals surface area contributed by atoms with Crippen molar-refractivity contribution < 1.29 is 14.0 Å². The number of carbonyl (C=O) groups is 1. The minimum atomic E-state index is -0.793. The van der Waals surface area contributed by atoms with Crippen LogP contribution in [-0.2, 0) is 4.84 Å². The predicted molar refractivity (Wildman–Crippen MR) is 78.1 cm³/mol. The Bertz CT molecular complexity index is 714. The van der Waals surface area contributed by atoms with Gasteiger partial charge < -0.3 is 16.3 Å². The lowest BCUT2D eigenvalue weighted by atomic mass is 10.1. The molecule has 0 aliphatic heterocycles. The van der Waals surface area contributed by atoms with Gasteiger partial charge in [-0.1, -0.05) is 23.4 Å². The van der Waals surface area contributed by atoms with E-state index in [9.17, 15) is 9.18 Å². The van der Waals surface area contributed by atoms with Crippen molar-refractivity contribution in [2.75, 3.05) is 5.73 Å². The summed E-state index contributed by atoms with van der Waals surface area (Å²) in [5.74, 6) is -1.31. The van der Waals surface area contributed by atoms with Crippen molar-refractivity contribution in [3.8, 4) is 0 Å². The second kappa shape index (κ2) is 6.04. The van der Waals surface area contributed by atoms with Crippen LogP contribution in [0.1, 0.15) is 21.5 Å². The summed E-state index contributed by atoms with van der Waals surface area (Å²) in [6.07, 6.45) is 0. The van der Waals surface area contributed by atoms with Gasteiger partial charge in [-0.05, 0) is 36.8 Å². The zero-order chi connectivity index (χ0) is 15.4. The van der Waals surface area contributed by atoms with E-state index in [1.165, 1.54) is 18.2 Å². The van der Waals surface area contributed by atoms with E-state index in [0.29, 0.717) is 11.3 Å². The van der Waals surface area contributed by atoms with E-state index in [1.54, 1.807) is 25.1 Å². The number of nitrogens with two attached hydrogens (primary N) is 2. The van der Waals surface area contributed by atoms with E-state index in [-0.39, 0.29) is 11.4 Å². The third-order valence-electron chi connectivity index (χ3n) is 2.94. The second-order valence-electron chi connectivity index (χ2n) is 4.39. The van der Waals surface area contributed by atoms with Crippen molar-refractivity contribution in [3.05, 3.63) is 65.0 Å². The summed E-state index contributed by atoms with van der Waals surface area (Å²) < 4.78 is 13.0. The maximum absolute atomic E-state index is 13.0.